The summed E-state index contributed by atoms with van der Waals surface area (Å²) in [5, 5.41) is 17.1. The van der Waals surface area contributed by atoms with Gasteiger partial charge < -0.3 is 34.9 Å². The van der Waals surface area contributed by atoms with Gasteiger partial charge in [-0.05, 0) is 80.1 Å². The van der Waals surface area contributed by atoms with Crippen molar-refractivity contribution in [1.29, 1.82) is 0 Å². The van der Waals surface area contributed by atoms with Crippen LogP contribution >= 0.6 is 23.8 Å². The lowest BCUT2D eigenvalue weighted by atomic mass is 10.1. The second-order valence-corrected chi connectivity index (χ2v) is 11.6. The first-order valence-corrected chi connectivity index (χ1v) is 15.4. The van der Waals surface area contributed by atoms with Gasteiger partial charge in [-0.15, -0.1) is 0 Å². The fraction of sp³-hybridized carbons (Fsp3) is 0.303. The van der Waals surface area contributed by atoms with Gasteiger partial charge in [0.25, 0.3) is 0 Å². The van der Waals surface area contributed by atoms with Crippen LogP contribution in [0.25, 0.3) is 10.9 Å². The molecule has 236 valence electrons. The summed E-state index contributed by atoms with van der Waals surface area (Å²) in [5.41, 5.74) is 1.62. The molecule has 1 unspecified atom stereocenters. The minimum absolute atomic E-state index is 0.0240. The second kappa shape index (κ2) is 15.3. The Bertz CT molecular complexity index is 1670. The summed E-state index contributed by atoms with van der Waals surface area (Å²) < 4.78 is 32.6. The van der Waals surface area contributed by atoms with Gasteiger partial charge in [-0.1, -0.05) is 30.2 Å². The third-order valence-electron chi connectivity index (χ3n) is 7.25. The number of benzene rings is 3. The topological polar surface area (TPSA) is 105 Å². The van der Waals surface area contributed by atoms with E-state index < -0.39 is 11.9 Å². The van der Waals surface area contributed by atoms with Crippen molar-refractivity contribution in [3.05, 3.63) is 83.3 Å². The Balaban J connectivity index is 1.21. The number of ether oxygens (including phenoxy) is 3. The van der Waals surface area contributed by atoms with Crippen molar-refractivity contribution in [2.24, 2.45) is 0 Å². The van der Waals surface area contributed by atoms with Crippen LogP contribution in [0, 0.1) is 5.82 Å². The van der Waals surface area contributed by atoms with Gasteiger partial charge in [-0.2, -0.15) is 0 Å². The SMILES string of the molecule is COc1cc2c(Oc3ccc(NC(=S)NC(=O)Cc4cccc(Cl)c4)cc3F)ccnc2cc1OCC(O)CN1CCCCC1. The molecular weight excluding hydrogens is 619 g/mol. The molecule has 4 aromatic rings. The molecule has 1 fully saturated rings. The molecule has 1 saturated heterocycles. The maximum Gasteiger partial charge on any atom is 0.230 e. The number of halogens is 2. The number of aromatic nitrogens is 1. The fourth-order valence-corrected chi connectivity index (χ4v) is 5.56. The first kappa shape index (κ1) is 32.4. The smallest absolute Gasteiger partial charge is 0.230 e. The highest BCUT2D eigenvalue weighted by atomic mass is 35.5. The van der Waals surface area contributed by atoms with Crippen LogP contribution in [-0.4, -0.2) is 65.5 Å². The second-order valence-electron chi connectivity index (χ2n) is 10.7. The van der Waals surface area contributed by atoms with Crippen LogP contribution in [0.1, 0.15) is 24.8 Å². The Morgan fingerprint density at radius 2 is 1.89 bits per heavy atom. The number of methoxy groups -OCH3 is 1. The molecular formula is C33H34ClFN4O5S. The lowest BCUT2D eigenvalue weighted by Gasteiger charge is -2.28. The number of anilines is 1. The molecule has 9 nitrogen and oxygen atoms in total. The van der Waals surface area contributed by atoms with E-state index in [0.29, 0.717) is 45.4 Å². The summed E-state index contributed by atoms with van der Waals surface area (Å²) in [7, 11) is 1.52. The number of thiocarbonyl (C=S) groups is 1. The molecule has 0 radical (unpaired) electrons. The maximum atomic E-state index is 15.1. The zero-order valence-corrected chi connectivity index (χ0v) is 26.3. The number of aliphatic hydroxyl groups excluding tert-OH is 1. The molecule has 5 rings (SSSR count). The van der Waals surface area contributed by atoms with Crippen molar-refractivity contribution >= 4 is 51.4 Å². The number of aliphatic hydroxyl groups is 1. The normalized spacial score (nSPS) is 14.0. The molecule has 45 heavy (non-hydrogen) atoms. The van der Waals surface area contributed by atoms with Gasteiger partial charge in [0.05, 0.1) is 19.0 Å². The Hall–Kier alpha value is -4.03. The molecule has 0 bridgehead atoms. The van der Waals surface area contributed by atoms with Crippen molar-refractivity contribution in [1.82, 2.24) is 15.2 Å². The van der Waals surface area contributed by atoms with E-state index in [1.807, 2.05) is 0 Å². The number of nitrogens with one attached hydrogen (secondary N) is 2. The predicted molar refractivity (Wildman–Crippen MR) is 176 cm³/mol. The molecule has 0 aliphatic carbocycles. The monoisotopic (exact) mass is 652 g/mol. The lowest BCUT2D eigenvalue weighted by molar-refractivity contribution is -0.119. The number of hydrogen-bond acceptors (Lipinski definition) is 8. The van der Waals surface area contributed by atoms with E-state index in [4.69, 9.17) is 38.0 Å². The number of carbonyl (C=O) groups excluding carboxylic acids is 1. The minimum atomic E-state index is -0.647. The Morgan fingerprint density at radius 3 is 2.64 bits per heavy atom. The first-order valence-electron chi connectivity index (χ1n) is 14.6. The Kier molecular flexibility index (Phi) is 11.0. The van der Waals surface area contributed by atoms with Crippen LogP contribution in [0.15, 0.2) is 66.9 Å². The van der Waals surface area contributed by atoms with E-state index in [-0.39, 0.29) is 29.8 Å². The molecule has 1 amide bonds. The first-order chi connectivity index (χ1) is 21.8. The lowest BCUT2D eigenvalue weighted by Crippen LogP contribution is -2.38. The molecule has 0 saturated carbocycles. The average Bonchev–Trinajstić information content (AvgIpc) is 3.01. The Labute approximate surface area is 271 Å². The largest absolute Gasteiger partial charge is 0.493 e. The molecule has 1 aliphatic heterocycles. The summed E-state index contributed by atoms with van der Waals surface area (Å²) in [6.07, 6.45) is 4.51. The molecule has 3 N–H and O–H groups in total. The van der Waals surface area contributed by atoms with Crippen molar-refractivity contribution in [2.45, 2.75) is 31.8 Å². The third kappa shape index (κ3) is 9.01. The van der Waals surface area contributed by atoms with Gasteiger partial charge in [0.1, 0.15) is 18.5 Å². The van der Waals surface area contributed by atoms with Crippen LogP contribution in [0.2, 0.25) is 5.02 Å². The molecule has 1 aromatic heterocycles. The van der Waals surface area contributed by atoms with Crippen molar-refractivity contribution < 1.29 is 28.5 Å². The summed E-state index contributed by atoms with van der Waals surface area (Å²) in [5.74, 6) is 0.216. The van der Waals surface area contributed by atoms with E-state index in [2.05, 4.69) is 20.5 Å². The maximum absolute atomic E-state index is 15.1. The molecule has 12 heteroatoms. The number of pyridine rings is 1. The third-order valence-corrected chi connectivity index (χ3v) is 7.69. The molecule has 3 aromatic carbocycles. The number of carbonyl (C=O) groups is 1. The summed E-state index contributed by atoms with van der Waals surface area (Å²) in [6.45, 7) is 2.63. The van der Waals surface area contributed by atoms with Gasteiger partial charge in [-0.3, -0.25) is 9.78 Å². The molecule has 1 atom stereocenters. The predicted octanol–water partition coefficient (Wildman–Crippen LogP) is 6.11. The number of likely N-dealkylation sites (tertiary alicyclic amines) is 1. The van der Waals surface area contributed by atoms with Gasteiger partial charge in [0, 0.05) is 41.0 Å². The van der Waals surface area contributed by atoms with E-state index in [0.717, 1.165) is 31.5 Å². The number of β-amino-alcohol motifs (C(OH)–C–C–N with tert-alkyl or cyclic N) is 1. The Morgan fingerprint density at radius 1 is 1.07 bits per heavy atom. The van der Waals surface area contributed by atoms with E-state index in [1.54, 1.807) is 54.7 Å². The number of amides is 1. The van der Waals surface area contributed by atoms with Gasteiger partial charge in [0.15, 0.2) is 28.2 Å². The zero-order chi connectivity index (χ0) is 31.8. The average molecular weight is 653 g/mol. The van der Waals surface area contributed by atoms with Crippen LogP contribution < -0.4 is 24.8 Å². The van der Waals surface area contributed by atoms with Gasteiger partial charge in [0.2, 0.25) is 5.91 Å². The summed E-state index contributed by atoms with van der Waals surface area (Å²) >= 11 is 11.2. The number of hydrogen-bond donors (Lipinski definition) is 3. The fourth-order valence-electron chi connectivity index (χ4n) is 5.11. The highest BCUT2D eigenvalue weighted by Crippen LogP contribution is 2.38. The standard InChI is InChI=1S/C33H34ClFN4O5S/c1-42-30-17-25-27(18-31(30)43-20-24(40)19-39-12-3-2-4-13-39)36-11-10-28(25)44-29-9-8-23(16-26(29)35)37-33(45)38-32(41)15-21-6-5-7-22(34)14-21/h5-11,14,16-18,24,40H,2-4,12-13,15,19-20H2,1H3,(H2,37,38,41,45). The van der Waals surface area contributed by atoms with Crippen LogP contribution in [-0.2, 0) is 11.2 Å². The minimum Gasteiger partial charge on any atom is -0.493 e. The van der Waals surface area contributed by atoms with Crippen molar-refractivity contribution in [3.8, 4) is 23.0 Å². The summed E-state index contributed by atoms with van der Waals surface area (Å²) in [6, 6.07) is 16.3. The molecule has 2 heterocycles. The van der Waals surface area contributed by atoms with Crippen LogP contribution in [0.4, 0.5) is 10.1 Å². The number of nitrogens with zero attached hydrogens (tertiary/aromatic N) is 2. The highest BCUT2D eigenvalue weighted by molar-refractivity contribution is 7.80. The van der Waals surface area contributed by atoms with Gasteiger partial charge in [-0.25, -0.2) is 4.39 Å². The van der Waals surface area contributed by atoms with E-state index in [9.17, 15) is 9.90 Å². The number of fused-ring (bicyclic) bond motifs is 1. The van der Waals surface area contributed by atoms with Gasteiger partial charge >= 0.3 is 0 Å². The summed E-state index contributed by atoms with van der Waals surface area (Å²) in [4.78, 5) is 19.0. The van der Waals surface area contributed by atoms with E-state index in [1.165, 1.54) is 25.7 Å². The van der Waals surface area contributed by atoms with E-state index >= 15 is 4.39 Å². The number of rotatable bonds is 11. The van der Waals surface area contributed by atoms with Crippen LogP contribution in [0.3, 0.4) is 0 Å². The van der Waals surface area contributed by atoms with Crippen molar-refractivity contribution in [2.75, 3.05) is 38.7 Å². The number of piperidine rings is 1. The van der Waals surface area contributed by atoms with Crippen LogP contribution in [0.5, 0.6) is 23.0 Å². The quantitative estimate of drug-likeness (QED) is 0.166. The molecule has 0 spiro atoms. The molecule has 1 aliphatic rings. The van der Waals surface area contributed by atoms with Crippen molar-refractivity contribution in [3.63, 3.8) is 0 Å². The highest BCUT2D eigenvalue weighted by Gasteiger charge is 2.18. The zero-order valence-electron chi connectivity index (χ0n) is 24.7.